The van der Waals surface area contributed by atoms with Gasteiger partial charge >= 0.3 is 0 Å². The average Bonchev–Trinajstić information content (AvgIpc) is 2.51. The van der Waals surface area contributed by atoms with Crippen LogP contribution >= 0.6 is 12.2 Å². The Bertz CT molecular complexity index is 548. The minimum atomic E-state index is 0.107. The van der Waals surface area contributed by atoms with Gasteiger partial charge in [-0.3, -0.25) is 5.43 Å². The van der Waals surface area contributed by atoms with Gasteiger partial charge in [-0.2, -0.15) is 5.10 Å². The fourth-order valence-electron chi connectivity index (χ4n) is 2.67. The number of hydrazone groups is 1. The summed E-state index contributed by atoms with van der Waals surface area (Å²) in [4.78, 5) is 0. The molecule has 1 aliphatic carbocycles. The van der Waals surface area contributed by atoms with E-state index in [4.69, 9.17) is 17.0 Å². The van der Waals surface area contributed by atoms with Crippen LogP contribution in [0.25, 0.3) is 0 Å². The molecule has 2 rings (SSSR count). The molecule has 0 aliphatic heterocycles. The first-order chi connectivity index (χ1) is 10.6. The van der Waals surface area contributed by atoms with Crippen molar-refractivity contribution in [2.75, 3.05) is 7.11 Å². The van der Waals surface area contributed by atoms with Crippen LogP contribution < -0.4 is 15.5 Å². The van der Waals surface area contributed by atoms with Crippen molar-refractivity contribution >= 4 is 23.5 Å². The molecule has 5 nitrogen and oxygen atoms in total. The second-order valence-corrected chi connectivity index (χ2v) is 6.05. The van der Waals surface area contributed by atoms with Gasteiger partial charge in [-0.05, 0) is 54.7 Å². The van der Waals surface area contributed by atoms with Crippen molar-refractivity contribution < 1.29 is 9.84 Å². The Labute approximate surface area is 136 Å². The molecule has 0 aromatic heterocycles. The number of benzene rings is 1. The molecule has 22 heavy (non-hydrogen) atoms. The fourth-order valence-corrected chi connectivity index (χ4v) is 2.88. The van der Waals surface area contributed by atoms with Crippen molar-refractivity contribution in [1.29, 1.82) is 0 Å². The zero-order valence-corrected chi connectivity index (χ0v) is 13.8. The summed E-state index contributed by atoms with van der Waals surface area (Å²) in [5.74, 6) is 1.16. The molecule has 120 valence electrons. The molecular formula is C16H23N3O2S. The van der Waals surface area contributed by atoms with E-state index in [1.807, 2.05) is 0 Å². The van der Waals surface area contributed by atoms with Gasteiger partial charge in [0.2, 0.25) is 0 Å². The normalized spacial score (nSPS) is 21.5. The summed E-state index contributed by atoms with van der Waals surface area (Å²) in [7, 11) is 1.51. The van der Waals surface area contributed by atoms with Crippen LogP contribution in [0.1, 0.15) is 38.2 Å². The van der Waals surface area contributed by atoms with Crippen LogP contribution in [0.15, 0.2) is 23.3 Å². The Kier molecular flexibility index (Phi) is 6.00. The van der Waals surface area contributed by atoms with Crippen LogP contribution in [0.5, 0.6) is 11.5 Å². The van der Waals surface area contributed by atoms with Crippen LogP contribution in [-0.2, 0) is 0 Å². The number of methoxy groups -OCH3 is 1. The molecular weight excluding hydrogens is 298 g/mol. The van der Waals surface area contributed by atoms with E-state index >= 15 is 0 Å². The van der Waals surface area contributed by atoms with Crippen molar-refractivity contribution in [2.45, 2.75) is 38.6 Å². The molecule has 0 spiro atoms. The van der Waals surface area contributed by atoms with Gasteiger partial charge < -0.3 is 15.2 Å². The van der Waals surface area contributed by atoms with Crippen molar-refractivity contribution in [3.8, 4) is 11.5 Å². The monoisotopic (exact) mass is 321 g/mol. The number of phenols is 1. The highest BCUT2D eigenvalue weighted by Crippen LogP contribution is 2.25. The zero-order chi connectivity index (χ0) is 15.9. The van der Waals surface area contributed by atoms with Crippen LogP contribution in [0.4, 0.5) is 0 Å². The Hall–Kier alpha value is -1.82. The van der Waals surface area contributed by atoms with Crippen LogP contribution in [0.3, 0.4) is 0 Å². The number of ether oxygens (including phenoxy) is 1. The summed E-state index contributed by atoms with van der Waals surface area (Å²) in [6.45, 7) is 2.26. The molecule has 1 aliphatic rings. The lowest BCUT2D eigenvalue weighted by Crippen LogP contribution is -2.44. The summed E-state index contributed by atoms with van der Waals surface area (Å²) in [6, 6.07) is 5.46. The molecule has 0 heterocycles. The lowest BCUT2D eigenvalue weighted by Gasteiger charge is -2.30. The van der Waals surface area contributed by atoms with E-state index in [1.165, 1.54) is 26.4 Å². The van der Waals surface area contributed by atoms with Gasteiger partial charge in [-0.15, -0.1) is 0 Å². The molecule has 1 saturated carbocycles. The van der Waals surface area contributed by atoms with Gasteiger partial charge in [0.15, 0.2) is 16.6 Å². The zero-order valence-electron chi connectivity index (χ0n) is 13.0. The van der Waals surface area contributed by atoms with E-state index < -0.39 is 0 Å². The highest BCUT2D eigenvalue weighted by Gasteiger charge is 2.21. The van der Waals surface area contributed by atoms with E-state index in [1.54, 1.807) is 24.4 Å². The summed E-state index contributed by atoms with van der Waals surface area (Å²) in [5.41, 5.74) is 3.65. The van der Waals surface area contributed by atoms with Crippen LogP contribution in [0.2, 0.25) is 0 Å². The predicted molar refractivity (Wildman–Crippen MR) is 92.5 cm³/mol. The van der Waals surface area contributed by atoms with Gasteiger partial charge in [0.25, 0.3) is 0 Å². The third-order valence-electron chi connectivity index (χ3n) is 4.01. The van der Waals surface area contributed by atoms with Crippen LogP contribution in [0, 0.1) is 5.92 Å². The molecule has 0 amide bonds. The largest absolute Gasteiger partial charge is 0.504 e. The van der Waals surface area contributed by atoms with E-state index in [0.717, 1.165) is 12.0 Å². The number of nitrogens with one attached hydrogen (secondary N) is 2. The van der Waals surface area contributed by atoms with Crippen molar-refractivity contribution in [3.63, 3.8) is 0 Å². The van der Waals surface area contributed by atoms with Gasteiger partial charge in [0.05, 0.1) is 13.3 Å². The molecule has 1 aromatic carbocycles. The summed E-state index contributed by atoms with van der Waals surface area (Å²) in [6.07, 6.45) is 6.60. The quantitative estimate of drug-likeness (QED) is 0.452. The number of nitrogens with zero attached hydrogens (tertiary/aromatic N) is 1. The smallest absolute Gasteiger partial charge is 0.187 e. The second kappa shape index (κ2) is 7.98. The Morgan fingerprint density at radius 3 is 2.91 bits per heavy atom. The molecule has 2 atom stereocenters. The maximum absolute atomic E-state index is 9.54. The third-order valence-corrected chi connectivity index (χ3v) is 4.22. The lowest BCUT2D eigenvalue weighted by atomic mass is 9.86. The molecule has 3 N–H and O–H groups in total. The van der Waals surface area contributed by atoms with E-state index in [-0.39, 0.29) is 5.75 Å². The first-order valence-corrected chi connectivity index (χ1v) is 7.97. The van der Waals surface area contributed by atoms with Crippen molar-refractivity contribution in [1.82, 2.24) is 10.7 Å². The molecule has 1 aromatic rings. The maximum Gasteiger partial charge on any atom is 0.187 e. The van der Waals surface area contributed by atoms with Crippen LogP contribution in [-0.4, -0.2) is 29.6 Å². The second-order valence-electron chi connectivity index (χ2n) is 5.64. The molecule has 0 saturated heterocycles. The highest BCUT2D eigenvalue weighted by molar-refractivity contribution is 7.80. The third kappa shape index (κ3) is 4.59. The fraction of sp³-hybridized carbons (Fsp3) is 0.500. The predicted octanol–water partition coefficient (Wildman–Crippen LogP) is 2.78. The Balaban J connectivity index is 1.85. The topological polar surface area (TPSA) is 65.9 Å². The number of hydrogen-bond acceptors (Lipinski definition) is 4. The summed E-state index contributed by atoms with van der Waals surface area (Å²) >= 11 is 5.27. The molecule has 1 fully saturated rings. The van der Waals surface area contributed by atoms with Gasteiger partial charge in [0.1, 0.15) is 0 Å². The molecule has 0 radical (unpaired) electrons. The highest BCUT2D eigenvalue weighted by atomic mass is 32.1. The lowest BCUT2D eigenvalue weighted by molar-refractivity contribution is 0.308. The summed E-state index contributed by atoms with van der Waals surface area (Å²) < 4.78 is 5.06. The van der Waals surface area contributed by atoms with Crippen molar-refractivity contribution in [3.05, 3.63) is 23.8 Å². The van der Waals surface area contributed by atoms with Gasteiger partial charge in [-0.25, -0.2) is 0 Å². The number of hydrogen-bond donors (Lipinski definition) is 3. The first-order valence-electron chi connectivity index (χ1n) is 7.56. The standard InChI is InChI=1S/C16H23N3O2S/c1-11-5-3-4-6-13(11)18-16(22)19-17-10-12-7-8-14(20)15(9-12)21-2/h7-11,13,20H,3-6H2,1-2H3,(H2,18,19,22)/b17-10+/t11-,13-/m1/s1. The van der Waals surface area contributed by atoms with Gasteiger partial charge in [0, 0.05) is 6.04 Å². The van der Waals surface area contributed by atoms with E-state index in [9.17, 15) is 5.11 Å². The Morgan fingerprint density at radius 2 is 2.18 bits per heavy atom. The number of aromatic hydroxyl groups is 1. The molecule has 0 bridgehead atoms. The first kappa shape index (κ1) is 16.5. The minimum Gasteiger partial charge on any atom is -0.504 e. The number of rotatable bonds is 4. The maximum atomic E-state index is 9.54. The Morgan fingerprint density at radius 1 is 1.41 bits per heavy atom. The molecule has 0 unspecified atom stereocenters. The minimum absolute atomic E-state index is 0.107. The number of phenolic OH excluding ortho intramolecular Hbond substituents is 1. The van der Waals surface area contributed by atoms with Crippen molar-refractivity contribution in [2.24, 2.45) is 11.0 Å². The average molecular weight is 321 g/mol. The van der Waals surface area contributed by atoms with Gasteiger partial charge in [-0.1, -0.05) is 19.8 Å². The van der Waals surface area contributed by atoms with E-state index in [0.29, 0.717) is 22.8 Å². The molecule has 6 heteroatoms. The SMILES string of the molecule is COc1cc(/C=N/NC(=S)N[C@@H]2CCCC[C@H]2C)ccc1O. The summed E-state index contributed by atoms with van der Waals surface area (Å²) in [5, 5.41) is 17.5. The number of thiocarbonyl (C=S) groups is 1. The van der Waals surface area contributed by atoms with E-state index in [2.05, 4.69) is 22.8 Å².